The summed E-state index contributed by atoms with van der Waals surface area (Å²) in [5, 5.41) is 9.06. The van der Waals surface area contributed by atoms with Crippen molar-refractivity contribution in [2.24, 2.45) is 0 Å². The third-order valence-electron chi connectivity index (χ3n) is 2.60. The minimum absolute atomic E-state index is 0.173. The van der Waals surface area contributed by atoms with Gasteiger partial charge >= 0.3 is 0 Å². The molecule has 4 nitrogen and oxygen atoms in total. The topological polar surface area (TPSA) is 49.8 Å². The summed E-state index contributed by atoms with van der Waals surface area (Å²) in [6.45, 7) is 5.03. The Morgan fingerprint density at radius 3 is 3.00 bits per heavy atom. The molecule has 0 aliphatic rings. The number of thiophene rings is 1. The lowest BCUT2D eigenvalue weighted by Crippen LogP contribution is -2.10. The van der Waals surface area contributed by atoms with Gasteiger partial charge in [0.05, 0.1) is 12.2 Å². The Labute approximate surface area is 122 Å². The van der Waals surface area contributed by atoms with E-state index in [1.807, 2.05) is 6.07 Å². The predicted molar refractivity (Wildman–Crippen MR) is 82.2 cm³/mol. The first-order valence-electron chi connectivity index (χ1n) is 6.27. The summed E-state index contributed by atoms with van der Waals surface area (Å²) in [4.78, 5) is 9.80. The molecular weight excluding hydrogens is 280 g/mol. The van der Waals surface area contributed by atoms with E-state index in [0.717, 1.165) is 13.0 Å². The van der Waals surface area contributed by atoms with E-state index in [1.165, 1.54) is 4.88 Å². The highest BCUT2D eigenvalue weighted by Gasteiger charge is 2.11. The van der Waals surface area contributed by atoms with Gasteiger partial charge in [0.2, 0.25) is 5.95 Å². The van der Waals surface area contributed by atoms with Crippen LogP contribution in [0, 0.1) is 0 Å². The van der Waals surface area contributed by atoms with Crippen LogP contribution in [0.5, 0.6) is 0 Å². The van der Waals surface area contributed by atoms with Crippen LogP contribution in [-0.4, -0.2) is 16.5 Å². The lowest BCUT2D eigenvalue weighted by atomic mass is 10.3. The normalized spacial score (nSPS) is 12.2. The van der Waals surface area contributed by atoms with Gasteiger partial charge < -0.3 is 10.6 Å². The summed E-state index contributed by atoms with van der Waals surface area (Å²) in [6, 6.07) is 4.30. The van der Waals surface area contributed by atoms with Gasteiger partial charge in [0.15, 0.2) is 5.82 Å². The zero-order valence-corrected chi connectivity index (χ0v) is 12.6. The Hall–Kier alpha value is -1.33. The van der Waals surface area contributed by atoms with E-state index in [0.29, 0.717) is 16.8 Å². The average molecular weight is 297 g/mol. The van der Waals surface area contributed by atoms with E-state index in [-0.39, 0.29) is 6.04 Å². The van der Waals surface area contributed by atoms with Crippen molar-refractivity contribution in [2.75, 3.05) is 17.2 Å². The Kier molecular flexibility index (Phi) is 4.99. The van der Waals surface area contributed by atoms with E-state index >= 15 is 0 Å². The van der Waals surface area contributed by atoms with Gasteiger partial charge in [-0.15, -0.1) is 11.3 Å². The molecule has 0 aromatic carbocycles. The van der Waals surface area contributed by atoms with E-state index in [9.17, 15) is 0 Å². The zero-order valence-electron chi connectivity index (χ0n) is 11.0. The summed E-state index contributed by atoms with van der Waals surface area (Å²) in [7, 11) is 0. The molecular formula is C13H17ClN4S. The highest BCUT2D eigenvalue weighted by Crippen LogP contribution is 2.26. The molecule has 0 aliphatic carbocycles. The molecule has 0 bridgehead atoms. The maximum Gasteiger partial charge on any atom is 0.224 e. The Morgan fingerprint density at radius 1 is 1.47 bits per heavy atom. The van der Waals surface area contributed by atoms with Gasteiger partial charge in [-0.1, -0.05) is 24.6 Å². The molecule has 6 heteroatoms. The summed E-state index contributed by atoms with van der Waals surface area (Å²) in [5.74, 6) is 1.27. The number of hydrogen-bond acceptors (Lipinski definition) is 5. The van der Waals surface area contributed by atoms with Crippen molar-refractivity contribution in [3.05, 3.63) is 33.6 Å². The predicted octanol–water partition coefficient (Wildman–Crippen LogP) is 4.19. The van der Waals surface area contributed by atoms with Crippen LogP contribution in [0.15, 0.2) is 23.7 Å². The van der Waals surface area contributed by atoms with Crippen molar-refractivity contribution in [3.63, 3.8) is 0 Å². The first kappa shape index (κ1) is 14.1. The smallest absolute Gasteiger partial charge is 0.224 e. The van der Waals surface area contributed by atoms with Crippen LogP contribution in [0.1, 0.15) is 31.2 Å². The van der Waals surface area contributed by atoms with E-state index in [2.05, 4.69) is 45.9 Å². The molecule has 0 amide bonds. The third-order valence-corrected chi connectivity index (χ3v) is 3.93. The molecule has 1 unspecified atom stereocenters. The number of halogens is 1. The Bertz CT molecular complexity index is 515. The minimum atomic E-state index is 0.173. The largest absolute Gasteiger partial charge is 0.361 e. The van der Waals surface area contributed by atoms with Crippen molar-refractivity contribution in [2.45, 2.75) is 26.3 Å². The molecule has 0 fully saturated rings. The van der Waals surface area contributed by atoms with Crippen LogP contribution in [0.2, 0.25) is 5.02 Å². The fourth-order valence-electron chi connectivity index (χ4n) is 1.60. The van der Waals surface area contributed by atoms with Crippen molar-refractivity contribution < 1.29 is 0 Å². The summed E-state index contributed by atoms with van der Waals surface area (Å²) in [5.41, 5.74) is 0. The second-order valence-electron chi connectivity index (χ2n) is 4.20. The monoisotopic (exact) mass is 296 g/mol. The average Bonchev–Trinajstić information content (AvgIpc) is 2.93. The van der Waals surface area contributed by atoms with Gasteiger partial charge in [0, 0.05) is 11.4 Å². The second kappa shape index (κ2) is 6.73. The highest BCUT2D eigenvalue weighted by atomic mass is 35.5. The lowest BCUT2D eigenvalue weighted by molar-refractivity contribution is 0.889. The lowest BCUT2D eigenvalue weighted by Gasteiger charge is -2.14. The molecule has 2 rings (SSSR count). The quantitative estimate of drug-likeness (QED) is 0.839. The number of aromatic nitrogens is 2. The fraction of sp³-hybridized carbons (Fsp3) is 0.385. The van der Waals surface area contributed by atoms with E-state index in [1.54, 1.807) is 17.5 Å². The van der Waals surface area contributed by atoms with Crippen molar-refractivity contribution in [3.8, 4) is 0 Å². The number of rotatable bonds is 6. The molecule has 0 radical (unpaired) electrons. The molecule has 2 aromatic heterocycles. The zero-order chi connectivity index (χ0) is 13.7. The molecule has 1 atom stereocenters. The van der Waals surface area contributed by atoms with Crippen LogP contribution in [-0.2, 0) is 0 Å². The van der Waals surface area contributed by atoms with Gasteiger partial charge in [0.1, 0.15) is 5.02 Å². The Morgan fingerprint density at radius 2 is 2.32 bits per heavy atom. The standard InChI is InChI=1S/C13H17ClN4S/c1-3-6-15-13-16-8-10(14)12(18-13)17-9(2)11-5-4-7-19-11/h4-5,7-9H,3,6H2,1-2H3,(H2,15,16,17,18). The first-order valence-corrected chi connectivity index (χ1v) is 7.52. The second-order valence-corrected chi connectivity index (χ2v) is 5.58. The van der Waals surface area contributed by atoms with Gasteiger partial charge in [-0.3, -0.25) is 0 Å². The van der Waals surface area contributed by atoms with Crippen LogP contribution in [0.4, 0.5) is 11.8 Å². The SMILES string of the molecule is CCCNc1ncc(Cl)c(NC(C)c2cccs2)n1. The number of hydrogen-bond donors (Lipinski definition) is 2. The molecule has 0 spiro atoms. The van der Waals surface area contributed by atoms with E-state index < -0.39 is 0 Å². The maximum atomic E-state index is 6.12. The molecule has 0 aliphatic heterocycles. The van der Waals surface area contributed by atoms with Crippen LogP contribution in [0.25, 0.3) is 0 Å². The number of nitrogens with zero attached hydrogens (tertiary/aromatic N) is 2. The fourth-order valence-corrected chi connectivity index (χ4v) is 2.48. The van der Waals surface area contributed by atoms with Crippen LogP contribution in [0.3, 0.4) is 0 Å². The van der Waals surface area contributed by atoms with Crippen molar-refractivity contribution >= 4 is 34.7 Å². The molecule has 2 aromatic rings. The van der Waals surface area contributed by atoms with Crippen LogP contribution < -0.4 is 10.6 Å². The van der Waals surface area contributed by atoms with E-state index in [4.69, 9.17) is 11.6 Å². The first-order chi connectivity index (χ1) is 9.20. The summed E-state index contributed by atoms with van der Waals surface area (Å²) >= 11 is 7.83. The van der Waals surface area contributed by atoms with Crippen LogP contribution >= 0.6 is 22.9 Å². The molecule has 2 N–H and O–H groups in total. The summed E-state index contributed by atoms with van der Waals surface area (Å²) < 4.78 is 0. The molecule has 102 valence electrons. The third kappa shape index (κ3) is 3.81. The number of anilines is 2. The number of nitrogens with one attached hydrogen (secondary N) is 2. The van der Waals surface area contributed by atoms with Gasteiger partial charge in [-0.25, -0.2) is 4.98 Å². The van der Waals surface area contributed by atoms with Crippen molar-refractivity contribution in [1.82, 2.24) is 9.97 Å². The molecule has 19 heavy (non-hydrogen) atoms. The van der Waals surface area contributed by atoms with Crippen molar-refractivity contribution in [1.29, 1.82) is 0 Å². The Balaban J connectivity index is 2.10. The van der Waals surface area contributed by atoms with Gasteiger partial charge in [-0.2, -0.15) is 4.98 Å². The molecule has 2 heterocycles. The molecule has 0 saturated heterocycles. The van der Waals surface area contributed by atoms with Gasteiger partial charge in [0.25, 0.3) is 0 Å². The maximum absolute atomic E-state index is 6.12. The highest BCUT2D eigenvalue weighted by molar-refractivity contribution is 7.10. The minimum Gasteiger partial charge on any atom is -0.361 e. The van der Waals surface area contributed by atoms with Gasteiger partial charge in [-0.05, 0) is 24.8 Å². The molecule has 0 saturated carbocycles. The summed E-state index contributed by atoms with van der Waals surface area (Å²) in [6.07, 6.45) is 2.65.